The van der Waals surface area contributed by atoms with Crippen molar-refractivity contribution in [2.75, 3.05) is 59.1 Å². The minimum absolute atomic E-state index is 0.131. The first-order valence-corrected chi connectivity index (χ1v) is 34.2. The minimum Gasteiger partial charge on any atom is -0.404 e. The Morgan fingerprint density at radius 2 is 1.39 bits per heavy atom. The fourth-order valence-corrected chi connectivity index (χ4v) is 11.2. The molecule has 2 N–H and O–H groups in total. The first-order valence-electron chi connectivity index (χ1n) is 30.6. The largest absolute Gasteiger partial charge is 0.404 e. The van der Waals surface area contributed by atoms with Crippen molar-refractivity contribution in [1.29, 1.82) is 0 Å². The predicted octanol–water partition coefficient (Wildman–Crippen LogP) is 17.0. The van der Waals surface area contributed by atoms with Gasteiger partial charge in [-0.3, -0.25) is 9.67 Å². The Bertz CT molecular complexity index is 2200. The van der Waals surface area contributed by atoms with E-state index in [1.54, 1.807) is 13.1 Å². The van der Waals surface area contributed by atoms with E-state index in [4.69, 9.17) is 25.2 Å². The molecule has 79 heavy (non-hydrogen) atoms. The number of allylic oxidation sites excluding steroid dienone is 1. The van der Waals surface area contributed by atoms with Crippen LogP contribution in [0.2, 0.25) is 0 Å². The Balaban J connectivity index is 0.00000810. The Kier molecular flexibility index (Phi) is 37.2. The molecule has 0 spiro atoms. The van der Waals surface area contributed by atoms with Gasteiger partial charge >= 0.3 is 0 Å². The van der Waals surface area contributed by atoms with Crippen LogP contribution in [-0.4, -0.2) is 96.6 Å². The van der Waals surface area contributed by atoms with Crippen LogP contribution in [0.4, 0.5) is 8.78 Å². The van der Waals surface area contributed by atoms with Crippen molar-refractivity contribution in [1.82, 2.24) is 19.9 Å². The Hall–Kier alpha value is -3.62. The third-order valence-electron chi connectivity index (χ3n) is 14.8. The van der Waals surface area contributed by atoms with Crippen molar-refractivity contribution in [3.8, 4) is 0 Å². The summed E-state index contributed by atoms with van der Waals surface area (Å²) in [7, 11) is 2.55. The molecule has 1 aromatic heterocycles. The monoisotopic (exact) mass is 1130 g/mol. The highest BCUT2D eigenvalue weighted by molar-refractivity contribution is 7.55. The van der Waals surface area contributed by atoms with Crippen molar-refractivity contribution < 1.29 is 18.3 Å². The van der Waals surface area contributed by atoms with Gasteiger partial charge in [-0.1, -0.05) is 133 Å². The van der Waals surface area contributed by atoms with E-state index in [0.29, 0.717) is 43.6 Å². The SMILES string of the molecule is C=C(CCCCCCCCCCCCCCn1cc(CCCCOCCCCCOCCN(Cc2ccc(CC(C)C)cc2)C(=C)/C(=C/N)C(N=C(C)C)=NC2CCC(CCP(C)C)C2)nn1)Cc1c(F)cc(C)cc1F.CP. The van der Waals surface area contributed by atoms with E-state index in [2.05, 4.69) is 95.2 Å². The highest BCUT2D eigenvalue weighted by Gasteiger charge is 2.26. The van der Waals surface area contributed by atoms with E-state index in [-0.39, 0.29) is 25.9 Å². The number of hydrogen-bond acceptors (Lipinski definition) is 7. The molecule has 0 radical (unpaired) electrons. The summed E-state index contributed by atoms with van der Waals surface area (Å²) in [6.45, 7) is 30.8. The molecule has 444 valence electrons. The quantitative estimate of drug-likeness (QED) is 0.0151. The number of aryl methyl sites for hydroxylation is 3. The molecule has 1 fully saturated rings. The van der Waals surface area contributed by atoms with E-state index in [1.165, 1.54) is 100 Å². The lowest BCUT2D eigenvalue weighted by molar-refractivity contribution is 0.102. The number of aliphatic imine (C=N–C) groups is 2. The van der Waals surface area contributed by atoms with Gasteiger partial charge in [-0.2, -0.15) is 0 Å². The molecule has 1 aliphatic carbocycles. The highest BCUT2D eigenvalue weighted by Crippen LogP contribution is 2.36. The lowest BCUT2D eigenvalue weighted by Gasteiger charge is -2.28. The summed E-state index contributed by atoms with van der Waals surface area (Å²) in [5.41, 5.74) is 14.4. The van der Waals surface area contributed by atoms with E-state index in [9.17, 15) is 8.78 Å². The lowest BCUT2D eigenvalue weighted by atomic mass is 9.98. The molecule has 3 atom stereocenters. The number of nitrogens with two attached hydrogens (primary N) is 1. The van der Waals surface area contributed by atoms with Crippen LogP contribution in [0, 0.1) is 30.4 Å². The topological polar surface area (TPSA) is 103 Å². The molecule has 13 heteroatoms. The minimum atomic E-state index is -0.460. The maximum atomic E-state index is 14.2. The van der Waals surface area contributed by atoms with E-state index >= 15 is 0 Å². The Morgan fingerprint density at radius 3 is 1.99 bits per heavy atom. The van der Waals surface area contributed by atoms with Gasteiger partial charge in [-0.15, -0.1) is 22.3 Å². The molecule has 3 aromatic rings. The maximum Gasteiger partial charge on any atom is 0.158 e. The van der Waals surface area contributed by atoms with Crippen LogP contribution in [0.3, 0.4) is 0 Å². The molecule has 0 bridgehead atoms. The third-order valence-corrected chi connectivity index (χ3v) is 15.9. The standard InChI is InChI=1S/C65H104F2N7O2P.CH5P/c1-51(2)43-56-29-31-58(32-30-56)49-73(55(7)62(48-68)65(69-52(3)4)70-59-34-33-57(47-59)35-42-77(8)9)37-41-76-39-25-20-24-38-75-40-26-22-28-60-50-74(72-71-60)36-23-19-17-15-13-11-10-12-14-16-18-21-27-53(5)44-61-63(66)45-54(6)46-64(61)67;1-2/h29-32,45-46,48,50-51,57,59H,5,7,10-28,33-44,47,49,68H2,1-4,6,8-9H3;2H2,1H3/b62-48-,70-65?;. The molecule has 0 amide bonds. The zero-order valence-electron chi connectivity index (χ0n) is 51.0. The summed E-state index contributed by atoms with van der Waals surface area (Å²) in [4.78, 5) is 12.5. The number of halogens is 2. The molecule has 1 heterocycles. The smallest absolute Gasteiger partial charge is 0.158 e. The number of ether oxygens (including phenoxy) is 2. The normalized spacial score (nSPS) is 14.7. The van der Waals surface area contributed by atoms with Crippen molar-refractivity contribution in [3.05, 3.63) is 118 Å². The first-order chi connectivity index (χ1) is 38.2. The number of amidine groups is 1. The molecular weight excluding hydrogens is 1020 g/mol. The molecular formula is C66H109F2N7O2P2. The van der Waals surface area contributed by atoms with Crippen LogP contribution in [0.5, 0.6) is 0 Å². The van der Waals surface area contributed by atoms with Gasteiger partial charge in [0.1, 0.15) is 11.6 Å². The van der Waals surface area contributed by atoms with Crippen LogP contribution in [0.25, 0.3) is 0 Å². The summed E-state index contributed by atoms with van der Waals surface area (Å²) in [5, 5.41) is 8.81. The fraction of sp³-hybridized carbons (Fsp3) is 0.667. The Labute approximate surface area is 484 Å². The number of unbranched alkanes of at least 4 members (excludes halogenated alkanes) is 14. The van der Waals surface area contributed by atoms with Gasteiger partial charge in [0.25, 0.3) is 0 Å². The van der Waals surface area contributed by atoms with Crippen LogP contribution >= 0.6 is 17.2 Å². The van der Waals surface area contributed by atoms with Crippen LogP contribution in [0.15, 0.2) is 88.8 Å². The zero-order chi connectivity index (χ0) is 57.6. The number of benzene rings is 2. The molecule has 0 aliphatic heterocycles. The molecule has 9 nitrogen and oxygen atoms in total. The van der Waals surface area contributed by atoms with Crippen LogP contribution in [-0.2, 0) is 41.8 Å². The molecule has 1 saturated carbocycles. The van der Waals surface area contributed by atoms with E-state index in [1.807, 2.05) is 25.2 Å². The van der Waals surface area contributed by atoms with Gasteiger partial charge < -0.3 is 20.1 Å². The number of aromatic nitrogens is 3. The molecule has 3 unspecified atom stereocenters. The van der Waals surface area contributed by atoms with E-state index in [0.717, 1.165) is 137 Å². The van der Waals surface area contributed by atoms with Crippen molar-refractivity contribution in [2.45, 2.75) is 214 Å². The van der Waals surface area contributed by atoms with Gasteiger partial charge in [-0.05, 0) is 177 Å². The van der Waals surface area contributed by atoms with Crippen molar-refractivity contribution in [2.24, 2.45) is 27.6 Å². The van der Waals surface area contributed by atoms with Crippen LogP contribution < -0.4 is 5.73 Å². The zero-order valence-corrected chi connectivity index (χ0v) is 53.0. The fourth-order valence-electron chi connectivity index (χ4n) is 10.4. The summed E-state index contributed by atoms with van der Waals surface area (Å²) < 4.78 is 42.6. The Morgan fingerprint density at radius 1 is 0.823 bits per heavy atom. The van der Waals surface area contributed by atoms with Gasteiger partial charge in [0.05, 0.1) is 23.9 Å². The molecule has 0 saturated heterocycles. The third kappa shape index (κ3) is 30.9. The summed E-state index contributed by atoms with van der Waals surface area (Å²) in [6, 6.07) is 12.1. The summed E-state index contributed by atoms with van der Waals surface area (Å²) in [5.74, 6) is 1.14. The van der Waals surface area contributed by atoms with Gasteiger partial charge in [0, 0.05) is 68.8 Å². The maximum absolute atomic E-state index is 14.2. The second kappa shape index (κ2) is 42.2. The number of rotatable bonds is 42. The first kappa shape index (κ1) is 69.6. The average Bonchev–Trinajstić information content (AvgIpc) is 4.08. The van der Waals surface area contributed by atoms with Crippen LogP contribution in [0.1, 0.15) is 197 Å². The number of nitrogens with zero attached hydrogens (tertiary/aromatic N) is 6. The summed E-state index contributed by atoms with van der Waals surface area (Å²) in [6.07, 6.45) is 33.1. The van der Waals surface area contributed by atoms with Crippen molar-refractivity contribution >= 4 is 28.7 Å². The second-order valence-electron chi connectivity index (χ2n) is 23.1. The van der Waals surface area contributed by atoms with Crippen molar-refractivity contribution in [3.63, 3.8) is 0 Å². The number of hydrogen-bond donors (Lipinski definition) is 1. The molecule has 1 aliphatic rings. The predicted molar refractivity (Wildman–Crippen MR) is 340 cm³/mol. The van der Waals surface area contributed by atoms with Gasteiger partial charge in [0.15, 0.2) is 5.84 Å². The van der Waals surface area contributed by atoms with Gasteiger partial charge in [0.2, 0.25) is 0 Å². The molecule has 2 aromatic carbocycles. The average molecular weight is 1130 g/mol. The van der Waals surface area contributed by atoms with E-state index < -0.39 is 11.6 Å². The summed E-state index contributed by atoms with van der Waals surface area (Å²) >= 11 is 0. The highest BCUT2D eigenvalue weighted by atomic mass is 31.1. The molecule has 4 rings (SSSR count). The second-order valence-corrected chi connectivity index (χ2v) is 25.7. The van der Waals surface area contributed by atoms with Gasteiger partial charge in [-0.25, -0.2) is 13.8 Å². The lowest BCUT2D eigenvalue weighted by Crippen LogP contribution is -2.29.